The van der Waals surface area contributed by atoms with E-state index in [4.69, 9.17) is 0 Å². The molecule has 1 heterocycles. The van der Waals surface area contributed by atoms with E-state index in [1.54, 1.807) is 18.2 Å². The molecule has 4 nitrogen and oxygen atoms in total. The Kier molecular flexibility index (Phi) is 4.21. The number of nitrogens with zero attached hydrogens (tertiary/aromatic N) is 2. The molecule has 0 spiro atoms. The van der Waals surface area contributed by atoms with E-state index in [1.165, 1.54) is 6.07 Å². The van der Waals surface area contributed by atoms with E-state index in [2.05, 4.69) is 15.5 Å². The molecule has 100 valence electrons. The molecule has 1 aromatic carbocycles. The van der Waals surface area contributed by atoms with E-state index in [0.717, 1.165) is 11.3 Å². The molecule has 0 saturated carbocycles. The topological polar surface area (TPSA) is 54.9 Å². The number of aromatic nitrogens is 2. The molecule has 2 aromatic rings. The lowest BCUT2D eigenvalue weighted by molar-refractivity contribution is -0.116. The Morgan fingerprint density at radius 1 is 1.37 bits per heavy atom. The number of benzene rings is 1. The third kappa shape index (κ3) is 3.57. The first kappa shape index (κ1) is 13.6. The summed E-state index contributed by atoms with van der Waals surface area (Å²) in [4.78, 5) is 11.6. The molecule has 19 heavy (non-hydrogen) atoms. The molecule has 0 aliphatic rings. The summed E-state index contributed by atoms with van der Waals surface area (Å²) in [5.41, 5.74) is 0.393. The van der Waals surface area contributed by atoms with Crippen LogP contribution in [0.25, 0.3) is 10.6 Å². The van der Waals surface area contributed by atoms with Gasteiger partial charge in [-0.15, -0.1) is 10.2 Å². The largest absolute Gasteiger partial charge is 0.301 e. The van der Waals surface area contributed by atoms with Crippen molar-refractivity contribution in [3.05, 3.63) is 30.1 Å². The SMILES string of the molecule is CC(C)CC(=O)Nc1nnc(-c2ccccc2F)s1. The summed E-state index contributed by atoms with van der Waals surface area (Å²) >= 11 is 1.16. The Labute approximate surface area is 114 Å². The normalized spacial score (nSPS) is 10.7. The number of rotatable bonds is 4. The summed E-state index contributed by atoms with van der Waals surface area (Å²) in [5, 5.41) is 11.3. The van der Waals surface area contributed by atoms with Crippen LogP contribution in [0.1, 0.15) is 20.3 Å². The van der Waals surface area contributed by atoms with E-state index in [9.17, 15) is 9.18 Å². The fourth-order valence-electron chi connectivity index (χ4n) is 1.56. The third-order valence-electron chi connectivity index (χ3n) is 2.37. The van der Waals surface area contributed by atoms with Crippen molar-refractivity contribution in [3.63, 3.8) is 0 Å². The summed E-state index contributed by atoms with van der Waals surface area (Å²) in [5.74, 6) is -0.177. The maximum absolute atomic E-state index is 13.6. The minimum Gasteiger partial charge on any atom is -0.301 e. The van der Waals surface area contributed by atoms with Crippen LogP contribution in [-0.2, 0) is 4.79 Å². The first-order valence-electron chi connectivity index (χ1n) is 5.94. The maximum Gasteiger partial charge on any atom is 0.226 e. The Balaban J connectivity index is 2.12. The second kappa shape index (κ2) is 5.88. The van der Waals surface area contributed by atoms with Crippen molar-refractivity contribution in [2.75, 3.05) is 5.32 Å². The van der Waals surface area contributed by atoms with Gasteiger partial charge in [-0.2, -0.15) is 0 Å². The molecule has 0 fully saturated rings. The van der Waals surface area contributed by atoms with Crippen LogP contribution in [0.3, 0.4) is 0 Å². The average molecular weight is 279 g/mol. The van der Waals surface area contributed by atoms with Gasteiger partial charge in [-0.1, -0.05) is 37.3 Å². The fourth-order valence-corrected chi connectivity index (χ4v) is 2.35. The van der Waals surface area contributed by atoms with E-state index in [0.29, 0.717) is 22.1 Å². The highest BCUT2D eigenvalue weighted by Crippen LogP contribution is 2.28. The third-order valence-corrected chi connectivity index (χ3v) is 3.24. The minimum absolute atomic E-state index is 0.105. The van der Waals surface area contributed by atoms with Crippen LogP contribution >= 0.6 is 11.3 Å². The van der Waals surface area contributed by atoms with Crippen LogP contribution in [0.15, 0.2) is 24.3 Å². The van der Waals surface area contributed by atoms with Crippen LogP contribution in [0.2, 0.25) is 0 Å². The van der Waals surface area contributed by atoms with Crippen molar-refractivity contribution >= 4 is 22.4 Å². The molecule has 0 saturated heterocycles. The van der Waals surface area contributed by atoms with Crippen molar-refractivity contribution in [2.24, 2.45) is 5.92 Å². The van der Waals surface area contributed by atoms with E-state index in [-0.39, 0.29) is 17.6 Å². The van der Waals surface area contributed by atoms with E-state index < -0.39 is 0 Å². The Morgan fingerprint density at radius 2 is 2.11 bits per heavy atom. The summed E-state index contributed by atoms with van der Waals surface area (Å²) in [6, 6.07) is 6.35. The first-order valence-corrected chi connectivity index (χ1v) is 6.76. The van der Waals surface area contributed by atoms with Crippen molar-refractivity contribution in [1.29, 1.82) is 0 Å². The maximum atomic E-state index is 13.6. The number of nitrogens with one attached hydrogen (secondary N) is 1. The van der Waals surface area contributed by atoms with E-state index >= 15 is 0 Å². The molecule has 0 unspecified atom stereocenters. The van der Waals surface area contributed by atoms with Gasteiger partial charge in [-0.3, -0.25) is 4.79 Å². The van der Waals surface area contributed by atoms with Crippen LogP contribution in [0.4, 0.5) is 9.52 Å². The number of halogens is 1. The Hall–Kier alpha value is -1.82. The zero-order chi connectivity index (χ0) is 13.8. The van der Waals surface area contributed by atoms with E-state index in [1.807, 2.05) is 13.8 Å². The van der Waals surface area contributed by atoms with Crippen LogP contribution in [0, 0.1) is 11.7 Å². The van der Waals surface area contributed by atoms with Gasteiger partial charge in [0.15, 0.2) is 5.01 Å². The highest BCUT2D eigenvalue weighted by Gasteiger charge is 2.12. The molecule has 0 aliphatic heterocycles. The quantitative estimate of drug-likeness (QED) is 0.934. The predicted octanol–water partition coefficient (Wildman–Crippen LogP) is 3.33. The van der Waals surface area contributed by atoms with Crippen molar-refractivity contribution in [1.82, 2.24) is 10.2 Å². The second-order valence-corrected chi connectivity index (χ2v) is 5.52. The number of anilines is 1. The number of amides is 1. The van der Waals surface area contributed by atoms with Gasteiger partial charge in [0, 0.05) is 12.0 Å². The smallest absolute Gasteiger partial charge is 0.226 e. The molecular weight excluding hydrogens is 265 g/mol. The van der Waals surface area contributed by atoms with Crippen molar-refractivity contribution in [2.45, 2.75) is 20.3 Å². The molecule has 1 N–H and O–H groups in total. The van der Waals surface area contributed by atoms with Gasteiger partial charge in [0.05, 0.1) is 0 Å². The molecule has 0 aliphatic carbocycles. The first-order chi connectivity index (χ1) is 9.06. The Bertz CT molecular complexity index is 583. The second-order valence-electron chi connectivity index (χ2n) is 4.54. The number of hydrogen-bond acceptors (Lipinski definition) is 4. The van der Waals surface area contributed by atoms with Gasteiger partial charge >= 0.3 is 0 Å². The fraction of sp³-hybridized carbons (Fsp3) is 0.308. The lowest BCUT2D eigenvalue weighted by Crippen LogP contribution is -2.13. The van der Waals surface area contributed by atoms with Gasteiger partial charge in [0.1, 0.15) is 5.82 Å². The molecular formula is C13H14FN3OS. The summed E-state index contributed by atoms with van der Waals surface area (Å²) in [7, 11) is 0. The van der Waals surface area contributed by atoms with Gasteiger partial charge in [0.2, 0.25) is 11.0 Å². The highest BCUT2D eigenvalue weighted by atomic mass is 32.1. The van der Waals surface area contributed by atoms with Crippen molar-refractivity contribution in [3.8, 4) is 10.6 Å². The number of carbonyl (C=O) groups excluding carboxylic acids is 1. The Morgan fingerprint density at radius 3 is 2.79 bits per heavy atom. The molecule has 2 rings (SSSR count). The van der Waals surface area contributed by atoms with Crippen LogP contribution in [0.5, 0.6) is 0 Å². The molecule has 0 radical (unpaired) electrons. The van der Waals surface area contributed by atoms with Crippen LogP contribution < -0.4 is 5.32 Å². The zero-order valence-electron chi connectivity index (χ0n) is 10.7. The molecule has 1 amide bonds. The monoisotopic (exact) mass is 279 g/mol. The average Bonchev–Trinajstić information content (AvgIpc) is 2.76. The predicted molar refractivity (Wildman–Crippen MR) is 73.4 cm³/mol. The molecule has 6 heteroatoms. The standard InChI is InChI=1S/C13H14FN3OS/c1-8(2)7-11(18)15-13-17-16-12(19-13)9-5-3-4-6-10(9)14/h3-6,8H,7H2,1-2H3,(H,15,17,18). The van der Waals surface area contributed by atoms with Gasteiger partial charge in [-0.25, -0.2) is 4.39 Å². The van der Waals surface area contributed by atoms with Gasteiger partial charge < -0.3 is 5.32 Å². The van der Waals surface area contributed by atoms with Crippen LogP contribution in [-0.4, -0.2) is 16.1 Å². The summed E-state index contributed by atoms with van der Waals surface area (Å²) < 4.78 is 13.6. The summed E-state index contributed by atoms with van der Waals surface area (Å²) in [6.45, 7) is 3.93. The molecule has 0 bridgehead atoms. The summed E-state index contributed by atoms with van der Waals surface area (Å²) in [6.07, 6.45) is 0.425. The van der Waals surface area contributed by atoms with Crippen molar-refractivity contribution < 1.29 is 9.18 Å². The molecule has 1 aromatic heterocycles. The molecule has 0 atom stereocenters. The lowest BCUT2D eigenvalue weighted by atomic mass is 10.1. The number of hydrogen-bond donors (Lipinski definition) is 1. The number of carbonyl (C=O) groups is 1. The highest BCUT2D eigenvalue weighted by molar-refractivity contribution is 7.18. The lowest BCUT2D eigenvalue weighted by Gasteiger charge is -2.02. The van der Waals surface area contributed by atoms with Gasteiger partial charge in [-0.05, 0) is 18.1 Å². The van der Waals surface area contributed by atoms with Gasteiger partial charge in [0.25, 0.3) is 0 Å². The zero-order valence-corrected chi connectivity index (χ0v) is 11.5. The minimum atomic E-state index is -0.348.